The molecule has 4 aromatic rings. The lowest BCUT2D eigenvalue weighted by molar-refractivity contribution is -0.116. The minimum atomic E-state index is -0.200. The Labute approximate surface area is 168 Å². The Morgan fingerprint density at radius 2 is 1.62 bits per heavy atom. The summed E-state index contributed by atoms with van der Waals surface area (Å²) >= 11 is 0. The van der Waals surface area contributed by atoms with Crippen LogP contribution >= 0.6 is 0 Å². The molecule has 2 N–H and O–H groups in total. The fourth-order valence-corrected chi connectivity index (χ4v) is 3.20. The van der Waals surface area contributed by atoms with Crippen molar-refractivity contribution in [3.63, 3.8) is 0 Å². The molecule has 0 atom stereocenters. The standard InChI is InChI=1S/C24H21N3O2/c1-16-10-12-17(13-11-16)22(28)14-15-23(29)25-19-7-3-2-6-18(19)24-26-20-8-4-5-9-21(20)27-24/h2-13H,14-15H2,1H3,(H,25,29)(H,26,27). The van der Waals surface area contributed by atoms with Crippen LogP contribution in [0.5, 0.6) is 0 Å². The van der Waals surface area contributed by atoms with Crippen molar-refractivity contribution in [1.29, 1.82) is 0 Å². The number of anilines is 1. The van der Waals surface area contributed by atoms with E-state index < -0.39 is 0 Å². The zero-order valence-electron chi connectivity index (χ0n) is 16.1. The van der Waals surface area contributed by atoms with Crippen molar-refractivity contribution in [2.24, 2.45) is 0 Å². The first-order valence-corrected chi connectivity index (χ1v) is 9.54. The summed E-state index contributed by atoms with van der Waals surface area (Å²) in [6, 6.07) is 22.7. The highest BCUT2D eigenvalue weighted by molar-refractivity contribution is 6.01. The van der Waals surface area contributed by atoms with E-state index in [2.05, 4.69) is 15.3 Å². The molecular weight excluding hydrogens is 362 g/mol. The van der Waals surface area contributed by atoms with Crippen LogP contribution in [0.2, 0.25) is 0 Å². The molecular formula is C24H21N3O2. The molecule has 5 heteroatoms. The highest BCUT2D eigenvalue weighted by atomic mass is 16.2. The highest BCUT2D eigenvalue weighted by Gasteiger charge is 2.13. The van der Waals surface area contributed by atoms with Crippen molar-refractivity contribution in [2.75, 3.05) is 5.32 Å². The van der Waals surface area contributed by atoms with Gasteiger partial charge in [-0.25, -0.2) is 4.98 Å². The maximum Gasteiger partial charge on any atom is 0.224 e. The van der Waals surface area contributed by atoms with E-state index in [-0.39, 0.29) is 24.5 Å². The molecule has 5 nitrogen and oxygen atoms in total. The molecule has 0 saturated carbocycles. The Kier molecular flexibility index (Phi) is 5.20. The molecule has 3 aromatic carbocycles. The first-order valence-electron chi connectivity index (χ1n) is 9.54. The van der Waals surface area contributed by atoms with Gasteiger partial charge in [-0.1, -0.05) is 54.1 Å². The number of hydrogen-bond donors (Lipinski definition) is 2. The minimum absolute atomic E-state index is 0.0364. The van der Waals surface area contributed by atoms with Crippen LogP contribution in [0.15, 0.2) is 72.8 Å². The van der Waals surface area contributed by atoms with E-state index in [9.17, 15) is 9.59 Å². The predicted octanol–water partition coefficient (Wildman–Crippen LogP) is 5.14. The molecule has 29 heavy (non-hydrogen) atoms. The molecule has 0 aliphatic heterocycles. The van der Waals surface area contributed by atoms with Crippen molar-refractivity contribution in [3.05, 3.63) is 83.9 Å². The Bertz CT molecular complexity index is 1140. The summed E-state index contributed by atoms with van der Waals surface area (Å²) in [5.74, 6) is 0.456. The average molecular weight is 383 g/mol. The fourth-order valence-electron chi connectivity index (χ4n) is 3.20. The number of carbonyl (C=O) groups excluding carboxylic acids is 2. The SMILES string of the molecule is Cc1ccc(C(=O)CCC(=O)Nc2ccccc2-c2nc3ccccc3[nH]2)cc1. The van der Waals surface area contributed by atoms with E-state index in [4.69, 9.17) is 0 Å². The predicted molar refractivity (Wildman–Crippen MR) is 115 cm³/mol. The molecule has 144 valence electrons. The molecule has 1 heterocycles. The number of aromatic amines is 1. The third kappa shape index (κ3) is 4.24. The molecule has 0 bridgehead atoms. The van der Waals surface area contributed by atoms with Crippen molar-refractivity contribution >= 4 is 28.4 Å². The van der Waals surface area contributed by atoms with Crippen LogP contribution in [0.1, 0.15) is 28.8 Å². The van der Waals surface area contributed by atoms with Gasteiger partial charge in [-0.3, -0.25) is 9.59 Å². The monoisotopic (exact) mass is 383 g/mol. The Morgan fingerprint density at radius 1 is 0.897 bits per heavy atom. The number of amides is 1. The summed E-state index contributed by atoms with van der Waals surface area (Å²) < 4.78 is 0. The van der Waals surface area contributed by atoms with Crippen LogP contribution in [0.25, 0.3) is 22.4 Å². The van der Waals surface area contributed by atoms with E-state index in [1.54, 1.807) is 12.1 Å². The number of carbonyl (C=O) groups is 2. The van der Waals surface area contributed by atoms with E-state index >= 15 is 0 Å². The van der Waals surface area contributed by atoms with Crippen molar-refractivity contribution in [1.82, 2.24) is 9.97 Å². The summed E-state index contributed by atoms with van der Waals surface area (Å²) in [7, 11) is 0. The molecule has 0 saturated heterocycles. The number of aromatic nitrogens is 2. The lowest BCUT2D eigenvalue weighted by atomic mass is 10.0. The topological polar surface area (TPSA) is 74.8 Å². The number of Topliss-reactive ketones (excluding diaryl/α,β-unsaturated/α-hetero) is 1. The number of nitrogens with zero attached hydrogens (tertiary/aromatic N) is 1. The number of hydrogen-bond acceptors (Lipinski definition) is 3. The molecule has 0 aliphatic carbocycles. The second-order valence-corrected chi connectivity index (χ2v) is 6.99. The second kappa shape index (κ2) is 8.10. The molecule has 0 aliphatic rings. The third-order valence-corrected chi connectivity index (χ3v) is 4.80. The van der Waals surface area contributed by atoms with E-state index in [0.717, 1.165) is 22.2 Å². The van der Waals surface area contributed by atoms with Gasteiger partial charge in [0.15, 0.2) is 5.78 Å². The number of benzene rings is 3. The number of ketones is 1. The lowest BCUT2D eigenvalue weighted by Gasteiger charge is -2.09. The van der Waals surface area contributed by atoms with Gasteiger partial charge in [0, 0.05) is 24.0 Å². The number of para-hydroxylation sites is 3. The van der Waals surface area contributed by atoms with Crippen LogP contribution in [0.3, 0.4) is 0 Å². The van der Waals surface area contributed by atoms with E-state index in [0.29, 0.717) is 17.1 Å². The molecule has 1 aromatic heterocycles. The molecule has 0 spiro atoms. The zero-order chi connectivity index (χ0) is 20.2. The number of nitrogens with one attached hydrogen (secondary N) is 2. The second-order valence-electron chi connectivity index (χ2n) is 6.99. The fraction of sp³-hybridized carbons (Fsp3) is 0.125. The van der Waals surface area contributed by atoms with Gasteiger partial charge in [0.2, 0.25) is 5.91 Å². The van der Waals surface area contributed by atoms with Crippen LogP contribution in [-0.4, -0.2) is 21.7 Å². The van der Waals surface area contributed by atoms with Gasteiger partial charge in [-0.05, 0) is 31.2 Å². The quantitative estimate of drug-likeness (QED) is 0.453. The van der Waals surface area contributed by atoms with E-state index in [1.807, 2.05) is 67.6 Å². The molecule has 0 radical (unpaired) electrons. The lowest BCUT2D eigenvalue weighted by Crippen LogP contribution is -2.14. The first kappa shape index (κ1) is 18.6. The Hall–Kier alpha value is -3.73. The summed E-state index contributed by atoms with van der Waals surface area (Å²) in [5, 5.41) is 2.92. The van der Waals surface area contributed by atoms with Crippen LogP contribution in [0.4, 0.5) is 5.69 Å². The maximum atomic E-state index is 12.5. The van der Waals surface area contributed by atoms with Crippen molar-refractivity contribution in [2.45, 2.75) is 19.8 Å². The number of aryl methyl sites for hydroxylation is 1. The molecule has 0 fully saturated rings. The first-order chi connectivity index (χ1) is 14.1. The minimum Gasteiger partial charge on any atom is -0.338 e. The van der Waals surface area contributed by atoms with Gasteiger partial charge >= 0.3 is 0 Å². The molecule has 1 amide bonds. The number of rotatable bonds is 6. The summed E-state index contributed by atoms with van der Waals surface area (Å²) in [5.41, 5.74) is 5.01. The zero-order valence-corrected chi connectivity index (χ0v) is 16.1. The third-order valence-electron chi connectivity index (χ3n) is 4.80. The van der Waals surface area contributed by atoms with Gasteiger partial charge in [0.25, 0.3) is 0 Å². The van der Waals surface area contributed by atoms with Gasteiger partial charge in [0.1, 0.15) is 5.82 Å². The normalized spacial score (nSPS) is 10.8. The van der Waals surface area contributed by atoms with Gasteiger partial charge in [0.05, 0.1) is 16.7 Å². The molecule has 4 rings (SSSR count). The van der Waals surface area contributed by atoms with Crippen LogP contribution in [0, 0.1) is 6.92 Å². The molecule has 0 unspecified atom stereocenters. The number of H-pyrrole nitrogens is 1. The van der Waals surface area contributed by atoms with Gasteiger partial charge in [-0.2, -0.15) is 0 Å². The van der Waals surface area contributed by atoms with Gasteiger partial charge < -0.3 is 10.3 Å². The highest BCUT2D eigenvalue weighted by Crippen LogP contribution is 2.27. The smallest absolute Gasteiger partial charge is 0.224 e. The van der Waals surface area contributed by atoms with Crippen molar-refractivity contribution in [3.8, 4) is 11.4 Å². The Balaban J connectivity index is 1.46. The largest absolute Gasteiger partial charge is 0.338 e. The Morgan fingerprint density at radius 3 is 2.41 bits per heavy atom. The van der Waals surface area contributed by atoms with E-state index in [1.165, 1.54) is 0 Å². The van der Waals surface area contributed by atoms with Crippen molar-refractivity contribution < 1.29 is 9.59 Å². The number of fused-ring (bicyclic) bond motifs is 1. The summed E-state index contributed by atoms with van der Waals surface area (Å²) in [4.78, 5) is 32.7. The number of imidazole rings is 1. The van der Waals surface area contributed by atoms with Crippen LogP contribution in [-0.2, 0) is 4.79 Å². The average Bonchev–Trinajstić information content (AvgIpc) is 3.17. The van der Waals surface area contributed by atoms with Gasteiger partial charge in [-0.15, -0.1) is 0 Å². The summed E-state index contributed by atoms with van der Waals surface area (Å²) in [6.45, 7) is 1.97. The summed E-state index contributed by atoms with van der Waals surface area (Å²) in [6.07, 6.45) is 0.295. The maximum absolute atomic E-state index is 12.5. The van der Waals surface area contributed by atoms with Crippen LogP contribution < -0.4 is 5.32 Å².